The second-order valence-electron chi connectivity index (χ2n) is 6.58. The highest BCUT2D eigenvalue weighted by Gasteiger charge is 2.42. The fourth-order valence-electron chi connectivity index (χ4n) is 3.52. The lowest BCUT2D eigenvalue weighted by molar-refractivity contribution is -0.140. The molecule has 2 aliphatic rings. The average Bonchev–Trinajstić information content (AvgIpc) is 2.53. The van der Waals surface area contributed by atoms with Crippen molar-refractivity contribution in [1.29, 1.82) is 5.41 Å². The summed E-state index contributed by atoms with van der Waals surface area (Å²) in [5.74, 6) is -0.846. The molecule has 24 heavy (non-hydrogen) atoms. The van der Waals surface area contributed by atoms with Crippen molar-refractivity contribution in [2.45, 2.75) is 25.7 Å². The van der Waals surface area contributed by atoms with Crippen LogP contribution in [0.4, 0.5) is 5.69 Å². The van der Waals surface area contributed by atoms with Crippen LogP contribution in [0.2, 0.25) is 0 Å². The molecule has 0 radical (unpaired) electrons. The van der Waals surface area contributed by atoms with Gasteiger partial charge < -0.3 is 10.6 Å². The van der Waals surface area contributed by atoms with E-state index in [4.69, 9.17) is 11.1 Å². The third-order valence-electron chi connectivity index (χ3n) is 4.91. The van der Waals surface area contributed by atoms with Gasteiger partial charge in [-0.2, -0.15) is 0 Å². The van der Waals surface area contributed by atoms with Crippen LogP contribution in [0.25, 0.3) is 0 Å². The Morgan fingerprint density at radius 2 is 1.71 bits per heavy atom. The van der Waals surface area contributed by atoms with Crippen LogP contribution in [0.5, 0.6) is 0 Å². The van der Waals surface area contributed by atoms with Gasteiger partial charge in [-0.15, -0.1) is 0 Å². The normalized spacial score (nSPS) is 19.9. The number of carbonyl (C=O) groups is 3. The first-order valence-corrected chi connectivity index (χ1v) is 7.96. The number of piperidine rings is 2. The Morgan fingerprint density at radius 1 is 1.12 bits per heavy atom. The minimum atomic E-state index is -0.366. The van der Waals surface area contributed by atoms with Crippen LogP contribution in [-0.2, 0) is 14.4 Å². The molecule has 2 heterocycles. The van der Waals surface area contributed by atoms with Gasteiger partial charge in [0.15, 0.2) is 0 Å². The molecule has 2 fully saturated rings. The molecule has 1 spiro atoms. The van der Waals surface area contributed by atoms with Crippen molar-refractivity contribution in [2.75, 3.05) is 18.8 Å². The number of nitrogens with one attached hydrogen (secondary N) is 2. The molecule has 3 rings (SSSR count). The average molecular weight is 328 g/mol. The number of benzene rings is 1. The minimum Gasteiger partial charge on any atom is -0.398 e. The molecule has 0 aliphatic carbocycles. The van der Waals surface area contributed by atoms with E-state index < -0.39 is 0 Å². The third kappa shape index (κ3) is 3.02. The summed E-state index contributed by atoms with van der Waals surface area (Å²) in [6.07, 6.45) is 1.83. The number of hydrogen-bond donors (Lipinski definition) is 3. The van der Waals surface area contributed by atoms with Gasteiger partial charge in [-0.05, 0) is 24.3 Å². The maximum Gasteiger partial charge on any atom is 0.272 e. The van der Waals surface area contributed by atoms with E-state index in [1.54, 1.807) is 29.2 Å². The smallest absolute Gasteiger partial charge is 0.272 e. The summed E-state index contributed by atoms with van der Waals surface area (Å²) in [5.41, 5.74) is 6.20. The van der Waals surface area contributed by atoms with E-state index in [-0.39, 0.29) is 28.8 Å². The van der Waals surface area contributed by atoms with Crippen LogP contribution < -0.4 is 11.1 Å². The molecule has 0 aromatic heterocycles. The van der Waals surface area contributed by atoms with E-state index in [0.29, 0.717) is 50.0 Å². The van der Waals surface area contributed by atoms with Crippen LogP contribution in [0, 0.1) is 10.8 Å². The number of imide groups is 1. The van der Waals surface area contributed by atoms with Gasteiger partial charge in [0.1, 0.15) is 5.71 Å². The van der Waals surface area contributed by atoms with Crippen molar-refractivity contribution in [3.05, 3.63) is 29.8 Å². The van der Waals surface area contributed by atoms with Gasteiger partial charge in [-0.25, -0.2) is 0 Å². The molecular formula is C17H20N4O3. The molecule has 2 aliphatic heterocycles. The zero-order chi connectivity index (χ0) is 17.3. The van der Waals surface area contributed by atoms with Gasteiger partial charge in [0.05, 0.1) is 0 Å². The fraction of sp³-hybridized carbons (Fsp3) is 0.412. The predicted octanol–water partition coefficient (Wildman–Crippen LogP) is 0.682. The lowest BCUT2D eigenvalue weighted by atomic mass is 9.71. The quantitative estimate of drug-likeness (QED) is 0.420. The van der Waals surface area contributed by atoms with Gasteiger partial charge in [0.2, 0.25) is 11.8 Å². The number of nitrogen functional groups attached to an aromatic ring is 1. The topological polar surface area (TPSA) is 116 Å². The maximum atomic E-state index is 12.6. The van der Waals surface area contributed by atoms with Crippen molar-refractivity contribution >= 4 is 29.1 Å². The highest BCUT2D eigenvalue weighted by molar-refractivity contribution is 6.45. The number of rotatable bonds is 2. The Bertz CT molecular complexity index is 702. The van der Waals surface area contributed by atoms with Crippen LogP contribution in [-0.4, -0.2) is 41.4 Å². The summed E-state index contributed by atoms with van der Waals surface area (Å²) in [6.45, 7) is 0.878. The fourth-order valence-corrected chi connectivity index (χ4v) is 3.52. The number of hydrogen-bond acceptors (Lipinski definition) is 5. The van der Waals surface area contributed by atoms with E-state index in [9.17, 15) is 14.4 Å². The lowest BCUT2D eigenvalue weighted by Gasteiger charge is -2.43. The Morgan fingerprint density at radius 3 is 2.29 bits per heavy atom. The Balaban J connectivity index is 1.67. The molecule has 1 aromatic carbocycles. The van der Waals surface area contributed by atoms with Gasteiger partial charge in [0, 0.05) is 37.2 Å². The van der Waals surface area contributed by atoms with Crippen molar-refractivity contribution in [1.82, 2.24) is 10.2 Å². The van der Waals surface area contributed by atoms with Gasteiger partial charge in [-0.1, -0.05) is 18.2 Å². The first-order valence-electron chi connectivity index (χ1n) is 7.96. The Kier molecular flexibility index (Phi) is 4.09. The number of nitrogens with zero attached hydrogens (tertiary/aromatic N) is 1. The first-order chi connectivity index (χ1) is 11.4. The number of amides is 3. The van der Waals surface area contributed by atoms with Crippen LogP contribution >= 0.6 is 0 Å². The molecule has 7 heteroatoms. The number of para-hydroxylation sites is 1. The van der Waals surface area contributed by atoms with Crippen molar-refractivity contribution in [3.63, 3.8) is 0 Å². The van der Waals surface area contributed by atoms with Crippen LogP contribution in [0.1, 0.15) is 31.2 Å². The zero-order valence-electron chi connectivity index (χ0n) is 13.3. The van der Waals surface area contributed by atoms with Gasteiger partial charge >= 0.3 is 0 Å². The van der Waals surface area contributed by atoms with Gasteiger partial charge in [0.25, 0.3) is 5.91 Å². The second kappa shape index (κ2) is 6.07. The summed E-state index contributed by atoms with van der Waals surface area (Å²) in [7, 11) is 0. The van der Waals surface area contributed by atoms with Crippen LogP contribution in [0.3, 0.4) is 0 Å². The number of likely N-dealkylation sites (tertiary alicyclic amines) is 1. The predicted molar refractivity (Wildman–Crippen MR) is 88.3 cm³/mol. The van der Waals surface area contributed by atoms with Crippen LogP contribution in [0.15, 0.2) is 24.3 Å². The SMILES string of the molecule is N=C(C(=O)N1CCC2(CC1)CC(=O)NC(=O)C2)c1ccccc1N. The van der Waals surface area contributed by atoms with E-state index >= 15 is 0 Å². The maximum absolute atomic E-state index is 12.6. The first kappa shape index (κ1) is 16.2. The third-order valence-corrected chi connectivity index (χ3v) is 4.91. The number of nitrogens with two attached hydrogens (primary N) is 1. The highest BCUT2D eigenvalue weighted by atomic mass is 16.2. The summed E-state index contributed by atoms with van der Waals surface area (Å²) in [6, 6.07) is 6.82. The Hall–Kier alpha value is -2.70. The molecule has 7 nitrogen and oxygen atoms in total. The summed E-state index contributed by atoms with van der Waals surface area (Å²) in [5, 5.41) is 10.4. The number of anilines is 1. The largest absolute Gasteiger partial charge is 0.398 e. The summed E-state index contributed by atoms with van der Waals surface area (Å²) in [4.78, 5) is 37.4. The minimum absolute atomic E-state index is 0.124. The molecule has 0 saturated carbocycles. The molecule has 4 N–H and O–H groups in total. The molecule has 1 aromatic rings. The Labute approximate surface area is 139 Å². The molecular weight excluding hydrogens is 308 g/mol. The van der Waals surface area contributed by atoms with E-state index in [0.717, 1.165) is 0 Å². The summed E-state index contributed by atoms with van der Waals surface area (Å²) < 4.78 is 0. The van der Waals surface area contributed by atoms with E-state index in [2.05, 4.69) is 5.32 Å². The van der Waals surface area contributed by atoms with Gasteiger partial charge in [-0.3, -0.25) is 25.1 Å². The number of carbonyl (C=O) groups excluding carboxylic acids is 3. The molecule has 0 atom stereocenters. The van der Waals surface area contributed by atoms with E-state index in [1.165, 1.54) is 0 Å². The van der Waals surface area contributed by atoms with Crippen molar-refractivity contribution in [3.8, 4) is 0 Å². The molecule has 0 unspecified atom stereocenters. The van der Waals surface area contributed by atoms with Crippen molar-refractivity contribution in [2.24, 2.45) is 5.41 Å². The molecule has 2 saturated heterocycles. The van der Waals surface area contributed by atoms with E-state index in [1.807, 2.05) is 0 Å². The zero-order valence-corrected chi connectivity index (χ0v) is 13.3. The summed E-state index contributed by atoms with van der Waals surface area (Å²) >= 11 is 0. The molecule has 126 valence electrons. The lowest BCUT2D eigenvalue weighted by Crippen LogP contribution is -2.51. The molecule has 3 amide bonds. The standard InChI is InChI=1S/C17H20N4O3/c18-12-4-2-1-3-11(12)15(19)16(24)21-7-5-17(6-8-21)9-13(22)20-14(23)10-17/h1-4,19H,5-10,18H2,(H,20,22,23). The monoisotopic (exact) mass is 328 g/mol. The second-order valence-corrected chi connectivity index (χ2v) is 6.58. The van der Waals surface area contributed by atoms with Crippen molar-refractivity contribution < 1.29 is 14.4 Å². The molecule has 0 bridgehead atoms. The highest BCUT2D eigenvalue weighted by Crippen LogP contribution is 2.40.